The first-order chi connectivity index (χ1) is 16.3. The maximum absolute atomic E-state index is 11.6. The summed E-state index contributed by atoms with van der Waals surface area (Å²) in [6.07, 6.45) is 11.0. The lowest BCUT2D eigenvalue weighted by Gasteiger charge is -2.31. The van der Waals surface area contributed by atoms with E-state index in [-0.39, 0.29) is 11.1 Å². The Morgan fingerprint density at radius 1 is 1.06 bits per heavy atom. The quantitative estimate of drug-likeness (QED) is 0.511. The molecule has 0 amide bonds. The molecule has 10 nitrogen and oxygen atoms in total. The maximum Gasteiger partial charge on any atom is 0.232 e. The van der Waals surface area contributed by atoms with Crippen LogP contribution in [0.5, 0.6) is 5.88 Å². The molecule has 0 aromatic carbocycles. The first-order valence-electron chi connectivity index (χ1n) is 11.3. The van der Waals surface area contributed by atoms with E-state index in [1.54, 1.807) is 25.4 Å². The topological polar surface area (TPSA) is 123 Å². The number of hydrogen-bond donors (Lipinski definition) is 1. The van der Waals surface area contributed by atoms with Gasteiger partial charge in [-0.1, -0.05) is 6.92 Å². The second kappa shape index (κ2) is 10.3. The second-order valence-electron chi connectivity index (χ2n) is 8.30. The first-order valence-corrected chi connectivity index (χ1v) is 13.2. The van der Waals surface area contributed by atoms with Gasteiger partial charge in [0.15, 0.2) is 14.9 Å². The number of rotatable bonds is 8. The van der Waals surface area contributed by atoms with Crippen molar-refractivity contribution in [3.63, 3.8) is 0 Å². The van der Waals surface area contributed by atoms with Crippen LogP contribution in [0.25, 0.3) is 0 Å². The van der Waals surface area contributed by atoms with Crippen LogP contribution in [-0.2, 0) is 22.8 Å². The number of aromatic nitrogens is 5. The van der Waals surface area contributed by atoms with Crippen LogP contribution in [0.15, 0.2) is 41.9 Å². The van der Waals surface area contributed by atoms with E-state index in [0.29, 0.717) is 18.1 Å². The van der Waals surface area contributed by atoms with Crippen molar-refractivity contribution >= 4 is 21.5 Å². The summed E-state index contributed by atoms with van der Waals surface area (Å²) in [4.78, 5) is 24.1. The molecule has 11 heteroatoms. The number of nitrogens with zero attached hydrogens (tertiary/aromatic N) is 6. The molecule has 0 saturated carbocycles. The van der Waals surface area contributed by atoms with Crippen molar-refractivity contribution < 1.29 is 13.2 Å². The lowest BCUT2D eigenvalue weighted by Crippen LogP contribution is -2.39. The van der Waals surface area contributed by atoms with Gasteiger partial charge in [0.2, 0.25) is 11.8 Å². The minimum atomic E-state index is -3.33. The van der Waals surface area contributed by atoms with Crippen LogP contribution in [0.2, 0.25) is 0 Å². The summed E-state index contributed by atoms with van der Waals surface area (Å²) in [5.74, 6) is 1.27. The van der Waals surface area contributed by atoms with E-state index in [2.05, 4.69) is 42.1 Å². The molecule has 3 aromatic heterocycles. The molecule has 4 heterocycles. The third kappa shape index (κ3) is 5.96. The molecule has 0 spiro atoms. The monoisotopic (exact) mass is 483 g/mol. The van der Waals surface area contributed by atoms with E-state index < -0.39 is 9.84 Å². The Morgan fingerprint density at radius 2 is 1.79 bits per heavy atom. The summed E-state index contributed by atoms with van der Waals surface area (Å²) in [5, 5.41) is 3.28. The van der Waals surface area contributed by atoms with Crippen LogP contribution in [0.4, 0.5) is 11.6 Å². The van der Waals surface area contributed by atoms with Gasteiger partial charge < -0.3 is 15.0 Å². The molecule has 180 valence electrons. The normalized spacial score (nSPS) is 14.7. The highest BCUT2D eigenvalue weighted by atomic mass is 32.2. The maximum atomic E-state index is 11.6. The molecule has 34 heavy (non-hydrogen) atoms. The van der Waals surface area contributed by atoms with E-state index in [1.165, 1.54) is 6.07 Å². The highest BCUT2D eigenvalue weighted by Gasteiger charge is 2.22. The van der Waals surface area contributed by atoms with Gasteiger partial charge in [0, 0.05) is 44.6 Å². The van der Waals surface area contributed by atoms with Crippen LogP contribution in [0.3, 0.4) is 0 Å². The van der Waals surface area contributed by atoms with Gasteiger partial charge in [-0.25, -0.2) is 28.4 Å². The predicted molar refractivity (Wildman–Crippen MR) is 129 cm³/mol. The first kappa shape index (κ1) is 23.8. The third-order valence-corrected chi connectivity index (χ3v) is 6.68. The summed E-state index contributed by atoms with van der Waals surface area (Å²) in [6, 6.07) is 3.20. The number of hydrogen-bond acceptors (Lipinski definition) is 10. The van der Waals surface area contributed by atoms with Crippen molar-refractivity contribution in [1.29, 1.82) is 0 Å². The fourth-order valence-electron chi connectivity index (χ4n) is 3.65. The Morgan fingerprint density at radius 3 is 2.38 bits per heavy atom. The summed E-state index contributed by atoms with van der Waals surface area (Å²) < 4.78 is 29.3. The molecule has 0 bridgehead atoms. The fourth-order valence-corrected chi connectivity index (χ4v) is 4.27. The molecule has 0 unspecified atom stereocenters. The zero-order valence-corrected chi connectivity index (χ0v) is 20.4. The molecule has 3 aromatic rings. The molecule has 1 aliphatic rings. The zero-order chi connectivity index (χ0) is 24.1. The molecular weight excluding hydrogens is 454 g/mol. The predicted octanol–water partition coefficient (Wildman–Crippen LogP) is 2.60. The lowest BCUT2D eigenvalue weighted by atomic mass is 10.1. The molecule has 1 saturated heterocycles. The van der Waals surface area contributed by atoms with Crippen molar-refractivity contribution in [2.75, 3.05) is 29.6 Å². The molecule has 1 aliphatic heterocycles. The zero-order valence-electron chi connectivity index (χ0n) is 19.6. The van der Waals surface area contributed by atoms with Crippen molar-refractivity contribution in [3.8, 4) is 5.88 Å². The molecule has 0 atom stereocenters. The van der Waals surface area contributed by atoms with Crippen molar-refractivity contribution in [2.24, 2.45) is 0 Å². The minimum Gasteiger partial charge on any atom is -0.473 e. The fraction of sp³-hybridized carbons (Fsp3) is 0.435. The molecular formula is C23H29N7O3S. The summed E-state index contributed by atoms with van der Waals surface area (Å²) in [5.41, 5.74) is 3.22. The van der Waals surface area contributed by atoms with Crippen molar-refractivity contribution in [2.45, 2.75) is 50.8 Å². The van der Waals surface area contributed by atoms with E-state index >= 15 is 0 Å². The van der Waals surface area contributed by atoms with Gasteiger partial charge in [-0.05, 0) is 31.0 Å². The van der Waals surface area contributed by atoms with Crippen molar-refractivity contribution in [3.05, 3.63) is 53.9 Å². The van der Waals surface area contributed by atoms with Gasteiger partial charge in [-0.15, -0.1) is 0 Å². The average molecular weight is 484 g/mol. The largest absolute Gasteiger partial charge is 0.473 e. The number of aryl methyl sites for hydroxylation is 2. The van der Waals surface area contributed by atoms with Gasteiger partial charge in [-0.3, -0.25) is 4.98 Å². The Bertz CT molecular complexity index is 1210. The van der Waals surface area contributed by atoms with Crippen LogP contribution in [-0.4, -0.2) is 58.8 Å². The Kier molecular flexibility index (Phi) is 7.20. The average Bonchev–Trinajstić information content (AvgIpc) is 2.84. The van der Waals surface area contributed by atoms with Crippen LogP contribution < -0.4 is 15.0 Å². The summed E-state index contributed by atoms with van der Waals surface area (Å²) >= 11 is 0. The van der Waals surface area contributed by atoms with E-state index in [1.807, 2.05) is 12.4 Å². The van der Waals surface area contributed by atoms with Crippen molar-refractivity contribution in [1.82, 2.24) is 24.9 Å². The second-order valence-corrected chi connectivity index (χ2v) is 10.3. The molecule has 1 fully saturated rings. The molecule has 4 rings (SSSR count). The van der Waals surface area contributed by atoms with Gasteiger partial charge in [0.1, 0.15) is 6.10 Å². The standard InChI is InChI=1S/C23H29N7O3S/c1-4-17-11-27-23(28-12-17)30-9-7-19(8-10-30)33-21-15-24-18(14-26-21)13-25-20-5-6-22(29-16(20)2)34(3,31)32/h5-6,11-12,14-15,19,25H,4,7-10,13H2,1-3H3. The summed E-state index contributed by atoms with van der Waals surface area (Å²) in [7, 11) is -3.33. The van der Waals surface area contributed by atoms with E-state index in [9.17, 15) is 8.42 Å². The highest BCUT2D eigenvalue weighted by molar-refractivity contribution is 7.90. The van der Waals surface area contributed by atoms with Crippen LogP contribution in [0.1, 0.15) is 36.7 Å². The van der Waals surface area contributed by atoms with Gasteiger partial charge in [0.25, 0.3) is 0 Å². The van der Waals surface area contributed by atoms with Gasteiger partial charge >= 0.3 is 0 Å². The third-order valence-electron chi connectivity index (χ3n) is 5.69. The number of piperidine rings is 1. The number of sulfone groups is 1. The SMILES string of the molecule is CCc1cnc(N2CCC(Oc3cnc(CNc4ccc(S(C)(=O)=O)nc4C)cn3)CC2)nc1. The highest BCUT2D eigenvalue weighted by Crippen LogP contribution is 2.20. The molecule has 0 aliphatic carbocycles. The van der Waals surface area contributed by atoms with E-state index in [0.717, 1.165) is 61.5 Å². The Balaban J connectivity index is 1.26. The van der Waals surface area contributed by atoms with Crippen LogP contribution >= 0.6 is 0 Å². The van der Waals surface area contributed by atoms with Gasteiger partial charge in [0.05, 0.1) is 36.0 Å². The number of ether oxygens (including phenoxy) is 1. The number of anilines is 2. The Hall–Kier alpha value is -3.34. The molecule has 0 radical (unpaired) electrons. The Labute approximate surface area is 199 Å². The number of nitrogens with one attached hydrogen (secondary N) is 1. The smallest absolute Gasteiger partial charge is 0.232 e. The van der Waals surface area contributed by atoms with Gasteiger partial charge in [-0.2, -0.15) is 0 Å². The summed E-state index contributed by atoms with van der Waals surface area (Å²) in [6.45, 7) is 5.95. The minimum absolute atomic E-state index is 0.0598. The van der Waals surface area contributed by atoms with Crippen LogP contribution in [0, 0.1) is 6.92 Å². The lowest BCUT2D eigenvalue weighted by molar-refractivity contribution is 0.162. The van der Waals surface area contributed by atoms with E-state index in [4.69, 9.17) is 4.74 Å². The molecule has 1 N–H and O–H groups in total. The number of pyridine rings is 1.